The van der Waals surface area contributed by atoms with Crippen LogP contribution in [0.15, 0.2) is 18.2 Å². The Hall–Kier alpha value is -2.03. The Morgan fingerprint density at radius 1 is 1.29 bits per heavy atom. The fourth-order valence-corrected chi connectivity index (χ4v) is 3.61. The van der Waals surface area contributed by atoms with Gasteiger partial charge in [0.05, 0.1) is 13.2 Å². The Labute approximate surface area is 144 Å². The molecule has 24 heavy (non-hydrogen) atoms. The topological polar surface area (TPSA) is 36.0 Å². The van der Waals surface area contributed by atoms with E-state index in [1.807, 2.05) is 11.0 Å². The summed E-state index contributed by atoms with van der Waals surface area (Å²) in [6.45, 7) is 5.67. The molecule has 1 atom stereocenters. The molecule has 0 aliphatic carbocycles. The second kappa shape index (κ2) is 7.25. The van der Waals surface area contributed by atoms with Crippen LogP contribution >= 0.6 is 0 Å². The van der Waals surface area contributed by atoms with Gasteiger partial charge in [0.2, 0.25) is 0 Å². The molecule has 5 nitrogen and oxygen atoms in total. The minimum Gasteiger partial charge on any atom is -0.497 e. The fraction of sp³-hybridized carbons (Fsp3) is 0.526. The van der Waals surface area contributed by atoms with Gasteiger partial charge in [-0.1, -0.05) is 6.07 Å². The van der Waals surface area contributed by atoms with Crippen molar-refractivity contribution in [3.8, 4) is 18.1 Å². The van der Waals surface area contributed by atoms with Crippen molar-refractivity contribution in [2.24, 2.45) is 0 Å². The number of benzene rings is 1. The molecule has 0 spiro atoms. The van der Waals surface area contributed by atoms with E-state index in [1.54, 1.807) is 7.11 Å². The van der Waals surface area contributed by atoms with Gasteiger partial charge in [-0.3, -0.25) is 9.69 Å². The lowest BCUT2D eigenvalue weighted by molar-refractivity contribution is -0.128. The molecule has 128 valence electrons. The summed E-state index contributed by atoms with van der Waals surface area (Å²) in [5, 5.41) is 0. The van der Waals surface area contributed by atoms with E-state index in [4.69, 9.17) is 11.2 Å². The number of terminal acetylenes is 1. The molecule has 2 aliphatic rings. The van der Waals surface area contributed by atoms with Gasteiger partial charge in [0.25, 0.3) is 5.91 Å². The van der Waals surface area contributed by atoms with E-state index in [1.165, 1.54) is 11.1 Å². The average molecular weight is 327 g/mol. The number of fused-ring (bicyclic) bond motifs is 1. The molecule has 2 heterocycles. The Morgan fingerprint density at radius 2 is 2.04 bits per heavy atom. The van der Waals surface area contributed by atoms with Crippen molar-refractivity contribution in [1.29, 1.82) is 0 Å². The third-order valence-electron chi connectivity index (χ3n) is 5.12. The molecule has 1 amide bonds. The smallest absolute Gasteiger partial charge is 0.298 e. The molecule has 5 heteroatoms. The molecule has 1 aromatic rings. The molecule has 0 radical (unpaired) electrons. The lowest BCUT2D eigenvalue weighted by Crippen LogP contribution is -2.50. The summed E-state index contributed by atoms with van der Waals surface area (Å²) in [6, 6.07) is 6.17. The minimum absolute atomic E-state index is 0.0200. The van der Waals surface area contributed by atoms with Gasteiger partial charge in [-0.25, -0.2) is 0 Å². The zero-order valence-corrected chi connectivity index (χ0v) is 14.5. The summed E-state index contributed by atoms with van der Waals surface area (Å²) < 4.78 is 5.34. The first-order chi connectivity index (χ1) is 11.6. The Balaban J connectivity index is 1.86. The van der Waals surface area contributed by atoms with Crippen molar-refractivity contribution < 1.29 is 9.53 Å². The molecule has 0 bridgehead atoms. The summed E-state index contributed by atoms with van der Waals surface area (Å²) >= 11 is 0. The van der Waals surface area contributed by atoms with Crippen molar-refractivity contribution in [3.63, 3.8) is 0 Å². The zero-order valence-electron chi connectivity index (χ0n) is 14.5. The molecule has 1 fully saturated rings. The van der Waals surface area contributed by atoms with Crippen LogP contribution in [0.5, 0.6) is 5.75 Å². The van der Waals surface area contributed by atoms with E-state index in [9.17, 15) is 4.79 Å². The third-order valence-corrected chi connectivity index (χ3v) is 5.12. The fourth-order valence-electron chi connectivity index (χ4n) is 3.61. The van der Waals surface area contributed by atoms with Gasteiger partial charge < -0.3 is 14.5 Å². The number of hydrogen-bond acceptors (Lipinski definition) is 4. The van der Waals surface area contributed by atoms with E-state index in [0.29, 0.717) is 6.54 Å². The van der Waals surface area contributed by atoms with Gasteiger partial charge >= 0.3 is 0 Å². The van der Waals surface area contributed by atoms with Gasteiger partial charge in [0.15, 0.2) is 0 Å². The summed E-state index contributed by atoms with van der Waals surface area (Å²) in [5.41, 5.74) is 2.46. The number of nitrogens with zero attached hydrogens (tertiary/aromatic N) is 3. The van der Waals surface area contributed by atoms with Crippen molar-refractivity contribution in [3.05, 3.63) is 29.3 Å². The normalized spacial score (nSPS) is 21.9. The predicted octanol–water partition coefficient (Wildman–Crippen LogP) is 1.00. The number of carbonyl (C=O) groups is 1. The van der Waals surface area contributed by atoms with E-state index in [2.05, 4.69) is 34.9 Å². The Morgan fingerprint density at radius 3 is 2.71 bits per heavy atom. The molecule has 1 unspecified atom stereocenters. The van der Waals surface area contributed by atoms with Crippen LogP contribution in [0.4, 0.5) is 0 Å². The van der Waals surface area contributed by atoms with Crippen molar-refractivity contribution in [2.45, 2.75) is 12.5 Å². The summed E-state index contributed by atoms with van der Waals surface area (Å²) in [5.74, 6) is 2.95. The molecule has 0 N–H and O–H groups in total. The summed E-state index contributed by atoms with van der Waals surface area (Å²) in [7, 11) is 3.83. The molecule has 1 saturated heterocycles. The van der Waals surface area contributed by atoms with Crippen molar-refractivity contribution in [1.82, 2.24) is 14.7 Å². The number of rotatable bonds is 3. The molecular weight excluding hydrogens is 302 g/mol. The Kier molecular flexibility index (Phi) is 5.08. The highest BCUT2D eigenvalue weighted by Crippen LogP contribution is 2.33. The van der Waals surface area contributed by atoms with Crippen LogP contribution in [0.25, 0.3) is 0 Å². The first-order valence-electron chi connectivity index (χ1n) is 8.47. The predicted molar refractivity (Wildman–Crippen MR) is 93.9 cm³/mol. The monoisotopic (exact) mass is 327 g/mol. The first-order valence-corrected chi connectivity index (χ1v) is 8.47. The number of piperazine rings is 1. The molecule has 0 saturated carbocycles. The number of amides is 1. The number of likely N-dealkylation sites (N-methyl/N-ethyl adjacent to an activating group) is 1. The van der Waals surface area contributed by atoms with Crippen LogP contribution < -0.4 is 4.74 Å². The molecule has 3 rings (SSSR count). The van der Waals surface area contributed by atoms with Gasteiger partial charge in [-0.15, -0.1) is 6.42 Å². The average Bonchev–Trinajstić information content (AvgIpc) is 2.62. The number of methoxy groups -OCH3 is 1. The van der Waals surface area contributed by atoms with Crippen LogP contribution in [0.1, 0.15) is 17.2 Å². The maximum Gasteiger partial charge on any atom is 0.298 e. The van der Waals surface area contributed by atoms with E-state index in [0.717, 1.165) is 44.9 Å². The highest BCUT2D eigenvalue weighted by molar-refractivity contribution is 5.93. The van der Waals surface area contributed by atoms with Gasteiger partial charge in [-0.2, -0.15) is 0 Å². The number of ether oxygens (including phenoxy) is 1. The maximum atomic E-state index is 12.2. The summed E-state index contributed by atoms with van der Waals surface area (Å²) in [6.07, 6.45) is 6.22. The van der Waals surface area contributed by atoms with Crippen LogP contribution in [-0.4, -0.2) is 74.0 Å². The second-order valence-corrected chi connectivity index (χ2v) is 6.58. The largest absolute Gasteiger partial charge is 0.497 e. The molecule has 0 aromatic heterocycles. The third kappa shape index (κ3) is 3.40. The van der Waals surface area contributed by atoms with Crippen molar-refractivity contribution in [2.75, 3.05) is 53.4 Å². The standard InChI is InChI=1S/C19H25N3O2/c1-4-19(23)22-8-7-15-13-16(24-3)5-6-17(15)18(22)14-21-11-9-20(2)10-12-21/h1,5-6,13,18H,7-12,14H2,2-3H3. The van der Waals surface area contributed by atoms with Crippen LogP contribution in [0, 0.1) is 12.3 Å². The lowest BCUT2D eigenvalue weighted by atomic mass is 9.91. The quantitative estimate of drug-likeness (QED) is 0.776. The first kappa shape index (κ1) is 16.8. The van der Waals surface area contributed by atoms with Gasteiger partial charge in [0, 0.05) is 39.3 Å². The second-order valence-electron chi connectivity index (χ2n) is 6.58. The minimum atomic E-state index is -0.212. The highest BCUT2D eigenvalue weighted by atomic mass is 16.5. The number of carbonyl (C=O) groups excluding carboxylic acids is 1. The molecule has 1 aromatic carbocycles. The molecular formula is C19H25N3O2. The molecule has 2 aliphatic heterocycles. The van der Waals surface area contributed by atoms with E-state index < -0.39 is 0 Å². The zero-order chi connectivity index (χ0) is 17.1. The van der Waals surface area contributed by atoms with Gasteiger partial charge in [0.1, 0.15) is 5.75 Å². The van der Waals surface area contributed by atoms with E-state index in [-0.39, 0.29) is 11.9 Å². The van der Waals surface area contributed by atoms with Crippen LogP contribution in [0.3, 0.4) is 0 Å². The van der Waals surface area contributed by atoms with E-state index >= 15 is 0 Å². The summed E-state index contributed by atoms with van der Waals surface area (Å²) in [4.78, 5) is 18.9. The highest BCUT2D eigenvalue weighted by Gasteiger charge is 2.32. The SMILES string of the molecule is C#CC(=O)N1CCc2cc(OC)ccc2C1CN1CCN(C)CC1. The van der Waals surface area contributed by atoms with Crippen molar-refractivity contribution >= 4 is 5.91 Å². The number of hydrogen-bond donors (Lipinski definition) is 0. The Bertz CT molecular complexity index is 645. The lowest BCUT2D eigenvalue weighted by Gasteiger charge is -2.41. The maximum absolute atomic E-state index is 12.2. The van der Waals surface area contributed by atoms with Crippen LogP contribution in [-0.2, 0) is 11.2 Å². The van der Waals surface area contributed by atoms with Crippen LogP contribution in [0.2, 0.25) is 0 Å². The van der Waals surface area contributed by atoms with Gasteiger partial charge in [-0.05, 0) is 42.6 Å².